The fourth-order valence-corrected chi connectivity index (χ4v) is 3.85. The first-order valence-electron chi connectivity index (χ1n) is 7.42. The Hall–Kier alpha value is -0.380. The second-order valence-corrected chi connectivity index (χ2v) is 6.67. The molecule has 1 atom stereocenters. The lowest BCUT2D eigenvalue weighted by molar-refractivity contribution is 0.225. The molecule has 1 aliphatic carbocycles. The fraction of sp³-hybridized carbons (Fsp3) is 0.733. The van der Waals surface area contributed by atoms with Crippen LogP contribution in [-0.2, 0) is 0 Å². The quantitative estimate of drug-likeness (QED) is 0.848. The van der Waals surface area contributed by atoms with Gasteiger partial charge in [0.1, 0.15) is 0 Å². The molecular weight excluding hydrogens is 240 g/mol. The highest BCUT2D eigenvalue weighted by atomic mass is 32.1. The van der Waals surface area contributed by atoms with E-state index in [-0.39, 0.29) is 0 Å². The third-order valence-corrected chi connectivity index (χ3v) is 5.14. The number of hydrogen-bond acceptors (Lipinski definition) is 3. The van der Waals surface area contributed by atoms with E-state index in [1.54, 1.807) is 0 Å². The summed E-state index contributed by atoms with van der Waals surface area (Å²) in [6.45, 7) is 5.01. The molecule has 1 N–H and O–H groups in total. The maximum atomic E-state index is 3.80. The predicted molar refractivity (Wildman–Crippen MR) is 78.1 cm³/mol. The molecule has 2 fully saturated rings. The average Bonchev–Trinajstić information content (AvgIpc) is 3.10. The van der Waals surface area contributed by atoms with Crippen LogP contribution in [0.25, 0.3) is 0 Å². The van der Waals surface area contributed by atoms with Crippen LogP contribution in [0.15, 0.2) is 17.5 Å². The topological polar surface area (TPSA) is 15.3 Å². The summed E-state index contributed by atoms with van der Waals surface area (Å²) in [5.41, 5.74) is 0. The Balaban J connectivity index is 1.45. The lowest BCUT2D eigenvalue weighted by Crippen LogP contribution is -2.37. The van der Waals surface area contributed by atoms with Crippen LogP contribution >= 0.6 is 11.3 Å². The Bertz CT molecular complexity index is 339. The molecule has 1 saturated heterocycles. The lowest BCUT2D eigenvalue weighted by atomic mass is 10.1. The molecule has 2 nitrogen and oxygen atoms in total. The van der Waals surface area contributed by atoms with Crippen LogP contribution in [0.2, 0.25) is 0 Å². The van der Waals surface area contributed by atoms with E-state index in [4.69, 9.17) is 0 Å². The monoisotopic (exact) mass is 264 g/mol. The van der Waals surface area contributed by atoms with E-state index in [9.17, 15) is 0 Å². The average molecular weight is 264 g/mol. The van der Waals surface area contributed by atoms with Gasteiger partial charge in [0.05, 0.1) is 0 Å². The van der Waals surface area contributed by atoms with Crippen molar-refractivity contribution in [2.24, 2.45) is 5.92 Å². The molecule has 1 unspecified atom stereocenters. The molecule has 100 valence electrons. The number of hydrogen-bond donors (Lipinski definition) is 1. The van der Waals surface area contributed by atoms with Crippen LogP contribution in [-0.4, -0.2) is 31.1 Å². The van der Waals surface area contributed by atoms with Crippen molar-refractivity contribution in [3.05, 3.63) is 22.4 Å². The molecule has 0 amide bonds. The van der Waals surface area contributed by atoms with Crippen LogP contribution in [0.4, 0.5) is 0 Å². The third-order valence-electron chi connectivity index (χ3n) is 4.18. The minimum atomic E-state index is 0.634. The summed E-state index contributed by atoms with van der Waals surface area (Å²) in [6.07, 6.45) is 7.07. The fourth-order valence-electron chi connectivity index (χ4n) is 2.96. The van der Waals surface area contributed by atoms with Gasteiger partial charge in [0, 0.05) is 24.0 Å². The van der Waals surface area contributed by atoms with E-state index in [1.807, 2.05) is 11.3 Å². The molecule has 0 spiro atoms. The summed E-state index contributed by atoms with van der Waals surface area (Å²) in [4.78, 5) is 4.16. The second-order valence-electron chi connectivity index (χ2n) is 5.69. The Morgan fingerprint density at radius 1 is 1.28 bits per heavy atom. The van der Waals surface area contributed by atoms with Crippen LogP contribution in [0, 0.1) is 5.92 Å². The van der Waals surface area contributed by atoms with E-state index >= 15 is 0 Å². The van der Waals surface area contributed by atoms with Crippen molar-refractivity contribution in [1.82, 2.24) is 10.2 Å². The predicted octanol–water partition coefficient (Wildman–Crippen LogP) is 3.27. The first-order chi connectivity index (χ1) is 8.93. The number of likely N-dealkylation sites (tertiary alicyclic amines) is 1. The minimum Gasteiger partial charge on any atom is -0.308 e. The van der Waals surface area contributed by atoms with E-state index in [2.05, 4.69) is 27.7 Å². The molecule has 0 aromatic carbocycles. The smallest absolute Gasteiger partial charge is 0.0443 e. The number of rotatable bonds is 6. The van der Waals surface area contributed by atoms with E-state index in [0.717, 1.165) is 12.5 Å². The number of piperidine rings is 1. The van der Waals surface area contributed by atoms with Gasteiger partial charge < -0.3 is 10.2 Å². The van der Waals surface area contributed by atoms with Crippen molar-refractivity contribution in [1.29, 1.82) is 0 Å². The summed E-state index contributed by atoms with van der Waals surface area (Å²) in [6, 6.07) is 5.11. The molecule has 3 rings (SSSR count). The van der Waals surface area contributed by atoms with Crippen LogP contribution in [0.3, 0.4) is 0 Å². The molecule has 0 radical (unpaired) electrons. The Morgan fingerprint density at radius 2 is 2.11 bits per heavy atom. The number of thiophene rings is 1. The Morgan fingerprint density at radius 3 is 2.78 bits per heavy atom. The molecule has 1 saturated carbocycles. The van der Waals surface area contributed by atoms with Gasteiger partial charge in [-0.3, -0.25) is 0 Å². The summed E-state index contributed by atoms with van der Waals surface area (Å²) in [5, 5.41) is 6.01. The maximum Gasteiger partial charge on any atom is 0.0443 e. The van der Waals surface area contributed by atoms with Gasteiger partial charge in [-0.1, -0.05) is 12.5 Å². The van der Waals surface area contributed by atoms with Gasteiger partial charge in [0.25, 0.3) is 0 Å². The Kier molecular flexibility index (Phi) is 4.34. The molecule has 18 heavy (non-hydrogen) atoms. The van der Waals surface area contributed by atoms with Crippen molar-refractivity contribution in [3.63, 3.8) is 0 Å². The summed E-state index contributed by atoms with van der Waals surface area (Å²) < 4.78 is 0. The van der Waals surface area contributed by atoms with Crippen LogP contribution < -0.4 is 5.32 Å². The minimum absolute atomic E-state index is 0.634. The molecule has 1 aromatic rings. The molecule has 3 heteroatoms. The summed E-state index contributed by atoms with van der Waals surface area (Å²) in [7, 11) is 0. The molecule has 2 heterocycles. The van der Waals surface area contributed by atoms with Gasteiger partial charge in [-0.15, -0.1) is 11.3 Å². The van der Waals surface area contributed by atoms with Crippen molar-refractivity contribution in [2.45, 2.75) is 38.1 Å². The van der Waals surface area contributed by atoms with Gasteiger partial charge in [0.2, 0.25) is 0 Å². The van der Waals surface area contributed by atoms with Gasteiger partial charge in [-0.2, -0.15) is 0 Å². The summed E-state index contributed by atoms with van der Waals surface area (Å²) >= 11 is 1.91. The van der Waals surface area contributed by atoms with Crippen LogP contribution in [0.5, 0.6) is 0 Å². The first kappa shape index (κ1) is 12.6. The van der Waals surface area contributed by atoms with Gasteiger partial charge in [0.15, 0.2) is 0 Å². The zero-order valence-corrected chi connectivity index (χ0v) is 11.9. The molecule has 0 bridgehead atoms. The highest BCUT2D eigenvalue weighted by Crippen LogP contribution is 2.42. The number of nitrogens with zero attached hydrogens (tertiary/aromatic N) is 1. The molecule has 2 aliphatic rings. The van der Waals surface area contributed by atoms with Gasteiger partial charge >= 0.3 is 0 Å². The van der Waals surface area contributed by atoms with Crippen molar-refractivity contribution in [3.8, 4) is 0 Å². The third kappa shape index (κ3) is 3.34. The van der Waals surface area contributed by atoms with Crippen molar-refractivity contribution < 1.29 is 0 Å². The molecule has 1 aliphatic heterocycles. The van der Waals surface area contributed by atoms with E-state index < -0.39 is 0 Å². The normalized spacial score (nSPS) is 23.1. The van der Waals surface area contributed by atoms with Crippen molar-refractivity contribution >= 4 is 11.3 Å². The summed E-state index contributed by atoms with van der Waals surface area (Å²) in [5.74, 6) is 0.907. The van der Waals surface area contributed by atoms with E-state index in [0.29, 0.717) is 6.04 Å². The SMILES string of the molecule is c1csc(C(NCCN2CCCCC2)C2CC2)c1. The molecular formula is C15H24N2S. The lowest BCUT2D eigenvalue weighted by Gasteiger charge is -2.27. The zero-order valence-electron chi connectivity index (χ0n) is 11.1. The highest BCUT2D eigenvalue weighted by molar-refractivity contribution is 7.10. The highest BCUT2D eigenvalue weighted by Gasteiger charge is 2.32. The van der Waals surface area contributed by atoms with Gasteiger partial charge in [-0.25, -0.2) is 0 Å². The standard InChI is InChI=1S/C15H24N2S/c1-2-9-17(10-3-1)11-8-16-15(13-6-7-13)14-5-4-12-18-14/h4-5,12-13,15-16H,1-3,6-11H2. The largest absolute Gasteiger partial charge is 0.308 e. The zero-order chi connectivity index (χ0) is 12.2. The Labute approximate surface area is 114 Å². The number of nitrogens with one attached hydrogen (secondary N) is 1. The first-order valence-corrected chi connectivity index (χ1v) is 8.30. The van der Waals surface area contributed by atoms with Gasteiger partial charge in [-0.05, 0) is 56.1 Å². The van der Waals surface area contributed by atoms with Crippen LogP contribution in [0.1, 0.15) is 43.0 Å². The van der Waals surface area contributed by atoms with E-state index in [1.165, 1.54) is 56.6 Å². The van der Waals surface area contributed by atoms with Crippen molar-refractivity contribution in [2.75, 3.05) is 26.2 Å². The molecule has 1 aromatic heterocycles. The maximum absolute atomic E-state index is 3.80. The second kappa shape index (κ2) is 6.18.